The van der Waals surface area contributed by atoms with E-state index in [-0.39, 0.29) is 6.04 Å². The van der Waals surface area contributed by atoms with Crippen molar-refractivity contribution < 1.29 is 4.74 Å². The van der Waals surface area contributed by atoms with Gasteiger partial charge in [0.25, 0.3) is 0 Å². The molecule has 0 saturated carbocycles. The maximum atomic E-state index is 6.44. The fraction of sp³-hybridized carbons (Fsp3) is 0.353. The zero-order chi connectivity index (χ0) is 14.9. The number of rotatable bonds is 3. The zero-order valence-corrected chi connectivity index (χ0v) is 12.8. The van der Waals surface area contributed by atoms with E-state index in [2.05, 4.69) is 31.0 Å². The van der Waals surface area contributed by atoms with Gasteiger partial charge in [-0.1, -0.05) is 12.1 Å². The van der Waals surface area contributed by atoms with Gasteiger partial charge in [-0.3, -0.25) is 4.98 Å². The molecule has 1 unspecified atom stereocenters. The molecule has 0 aliphatic carbocycles. The van der Waals surface area contributed by atoms with E-state index in [0.29, 0.717) is 0 Å². The predicted octanol–water partition coefficient (Wildman–Crippen LogP) is 3.37. The first kappa shape index (κ1) is 14.5. The highest BCUT2D eigenvalue weighted by atomic mass is 16.5. The van der Waals surface area contributed by atoms with Crippen LogP contribution in [0.1, 0.15) is 39.7 Å². The van der Waals surface area contributed by atoms with E-state index in [4.69, 9.17) is 10.5 Å². The molecule has 1 atom stereocenters. The Bertz CT molecular complexity index is 615. The largest absolute Gasteiger partial charge is 0.496 e. The van der Waals surface area contributed by atoms with E-state index in [1.807, 2.05) is 26.0 Å². The number of methoxy groups -OCH3 is 1. The number of aryl methyl sites for hydroxylation is 3. The Morgan fingerprint density at radius 3 is 2.20 bits per heavy atom. The number of hydrogen-bond acceptors (Lipinski definition) is 3. The van der Waals surface area contributed by atoms with Crippen molar-refractivity contribution >= 4 is 0 Å². The molecule has 0 fully saturated rings. The minimum Gasteiger partial charge on any atom is -0.496 e. The van der Waals surface area contributed by atoms with Crippen LogP contribution in [0.4, 0.5) is 0 Å². The van der Waals surface area contributed by atoms with Crippen molar-refractivity contribution in [2.75, 3.05) is 7.11 Å². The van der Waals surface area contributed by atoms with Gasteiger partial charge in [-0.2, -0.15) is 0 Å². The summed E-state index contributed by atoms with van der Waals surface area (Å²) in [4.78, 5) is 4.40. The third-order valence-corrected chi connectivity index (χ3v) is 3.71. The Balaban J connectivity index is 2.53. The fourth-order valence-electron chi connectivity index (χ4n) is 2.55. The van der Waals surface area contributed by atoms with Crippen molar-refractivity contribution in [3.8, 4) is 5.75 Å². The molecule has 0 aliphatic rings. The molecule has 0 spiro atoms. The van der Waals surface area contributed by atoms with Gasteiger partial charge in [0.15, 0.2) is 0 Å². The maximum Gasteiger partial charge on any atom is 0.127 e. The molecule has 0 aliphatic heterocycles. The van der Waals surface area contributed by atoms with Gasteiger partial charge in [-0.25, -0.2) is 0 Å². The minimum absolute atomic E-state index is 0.204. The molecule has 2 aromatic rings. The Labute approximate surface area is 120 Å². The van der Waals surface area contributed by atoms with Gasteiger partial charge in [0.1, 0.15) is 5.75 Å². The molecule has 3 heteroatoms. The molecule has 0 amide bonds. The van der Waals surface area contributed by atoms with Crippen LogP contribution in [0, 0.1) is 27.7 Å². The van der Waals surface area contributed by atoms with Crippen molar-refractivity contribution in [3.63, 3.8) is 0 Å². The second-order valence-electron chi connectivity index (χ2n) is 5.29. The summed E-state index contributed by atoms with van der Waals surface area (Å²) in [6.45, 7) is 8.11. The average Bonchev–Trinajstić information content (AvgIpc) is 2.39. The van der Waals surface area contributed by atoms with Crippen molar-refractivity contribution in [2.45, 2.75) is 33.7 Å². The molecule has 2 rings (SSSR count). The Kier molecular flexibility index (Phi) is 4.09. The molecule has 0 saturated heterocycles. The van der Waals surface area contributed by atoms with Crippen LogP contribution in [-0.4, -0.2) is 12.1 Å². The quantitative estimate of drug-likeness (QED) is 0.930. The minimum atomic E-state index is -0.204. The molecule has 2 N–H and O–H groups in total. The van der Waals surface area contributed by atoms with E-state index in [9.17, 15) is 0 Å². The summed E-state index contributed by atoms with van der Waals surface area (Å²) in [5, 5.41) is 0. The lowest BCUT2D eigenvalue weighted by Crippen LogP contribution is -2.14. The summed E-state index contributed by atoms with van der Waals surface area (Å²) in [7, 11) is 1.70. The molecule has 0 bridgehead atoms. The first-order chi connectivity index (χ1) is 9.43. The highest BCUT2D eigenvalue weighted by Gasteiger charge is 2.17. The van der Waals surface area contributed by atoms with Gasteiger partial charge in [0.05, 0.1) is 13.2 Å². The Morgan fingerprint density at radius 2 is 1.65 bits per heavy atom. The summed E-state index contributed by atoms with van der Waals surface area (Å²) >= 11 is 0. The second-order valence-corrected chi connectivity index (χ2v) is 5.29. The van der Waals surface area contributed by atoms with Gasteiger partial charge >= 0.3 is 0 Å². The van der Waals surface area contributed by atoms with E-state index in [0.717, 1.165) is 33.8 Å². The first-order valence-corrected chi connectivity index (χ1v) is 6.79. The van der Waals surface area contributed by atoms with Crippen molar-refractivity contribution in [1.82, 2.24) is 4.98 Å². The third-order valence-electron chi connectivity index (χ3n) is 3.71. The lowest BCUT2D eigenvalue weighted by molar-refractivity contribution is 0.404. The molecule has 1 aromatic heterocycles. The number of benzene rings is 1. The molecule has 3 nitrogen and oxygen atoms in total. The molecule has 0 radical (unpaired) electrons. The number of hydrogen-bond donors (Lipinski definition) is 1. The van der Waals surface area contributed by atoms with Crippen LogP contribution >= 0.6 is 0 Å². The van der Waals surface area contributed by atoms with Crippen molar-refractivity contribution in [3.05, 3.63) is 57.9 Å². The number of pyridine rings is 1. The molecule has 1 heterocycles. The number of nitrogens with two attached hydrogens (primary N) is 1. The van der Waals surface area contributed by atoms with Gasteiger partial charge in [-0.05, 0) is 56.5 Å². The lowest BCUT2D eigenvalue weighted by Gasteiger charge is -2.19. The second kappa shape index (κ2) is 5.63. The molecule has 1 aromatic carbocycles. The zero-order valence-electron chi connectivity index (χ0n) is 12.8. The molecular weight excluding hydrogens is 248 g/mol. The van der Waals surface area contributed by atoms with Crippen LogP contribution in [0.25, 0.3) is 0 Å². The van der Waals surface area contributed by atoms with Crippen molar-refractivity contribution in [1.29, 1.82) is 0 Å². The maximum absolute atomic E-state index is 6.44. The van der Waals surface area contributed by atoms with Gasteiger partial charge in [0, 0.05) is 17.0 Å². The number of nitrogens with zero attached hydrogens (tertiary/aromatic N) is 1. The number of aromatic nitrogens is 1. The lowest BCUT2D eigenvalue weighted by atomic mass is 9.94. The highest BCUT2D eigenvalue weighted by Crippen LogP contribution is 2.33. The smallest absolute Gasteiger partial charge is 0.127 e. The van der Waals surface area contributed by atoms with Gasteiger partial charge < -0.3 is 10.5 Å². The molecule has 20 heavy (non-hydrogen) atoms. The molecular formula is C17H22N2O. The molecule has 106 valence electrons. The predicted molar refractivity (Wildman–Crippen MR) is 82.2 cm³/mol. The average molecular weight is 270 g/mol. The Morgan fingerprint density at radius 1 is 1.05 bits per heavy atom. The first-order valence-electron chi connectivity index (χ1n) is 6.79. The Hall–Kier alpha value is -1.87. The summed E-state index contributed by atoms with van der Waals surface area (Å²) in [6.07, 6.45) is 0. The van der Waals surface area contributed by atoms with Crippen LogP contribution in [-0.2, 0) is 0 Å². The summed E-state index contributed by atoms with van der Waals surface area (Å²) in [5.41, 5.74) is 12.8. The normalized spacial score (nSPS) is 12.3. The van der Waals surface area contributed by atoms with E-state index < -0.39 is 0 Å². The van der Waals surface area contributed by atoms with E-state index in [1.165, 1.54) is 5.56 Å². The summed E-state index contributed by atoms with van der Waals surface area (Å²) < 4.78 is 5.56. The third kappa shape index (κ3) is 2.68. The number of ether oxygens (including phenoxy) is 1. The van der Waals surface area contributed by atoms with E-state index in [1.54, 1.807) is 7.11 Å². The summed E-state index contributed by atoms with van der Waals surface area (Å²) in [5.74, 6) is 0.879. The van der Waals surface area contributed by atoms with Crippen LogP contribution < -0.4 is 10.5 Å². The highest BCUT2D eigenvalue weighted by molar-refractivity contribution is 5.49. The fourth-order valence-corrected chi connectivity index (χ4v) is 2.55. The summed E-state index contributed by atoms with van der Waals surface area (Å²) in [6, 6.07) is 8.01. The van der Waals surface area contributed by atoms with Crippen molar-refractivity contribution in [2.24, 2.45) is 5.73 Å². The monoisotopic (exact) mass is 270 g/mol. The standard InChI is InChI=1S/C17H22N2O/c1-10-6-7-15(17(20-5)13(10)4)16(18)14-8-11(2)19-12(3)9-14/h6-9,16H,18H2,1-5H3. The van der Waals surface area contributed by atoms with Crippen LogP contribution in [0.5, 0.6) is 5.75 Å². The van der Waals surface area contributed by atoms with Crippen LogP contribution in [0.15, 0.2) is 24.3 Å². The van der Waals surface area contributed by atoms with Gasteiger partial charge in [-0.15, -0.1) is 0 Å². The topological polar surface area (TPSA) is 48.1 Å². The van der Waals surface area contributed by atoms with Crippen LogP contribution in [0.2, 0.25) is 0 Å². The van der Waals surface area contributed by atoms with Crippen LogP contribution in [0.3, 0.4) is 0 Å². The SMILES string of the molecule is COc1c(C(N)c2cc(C)nc(C)c2)ccc(C)c1C. The van der Waals surface area contributed by atoms with Gasteiger partial charge in [0.2, 0.25) is 0 Å². The van der Waals surface area contributed by atoms with E-state index >= 15 is 0 Å².